The summed E-state index contributed by atoms with van der Waals surface area (Å²) < 4.78 is 5.91. The summed E-state index contributed by atoms with van der Waals surface area (Å²) in [6.07, 6.45) is 4.42. The molecule has 2 N–H and O–H groups in total. The van der Waals surface area contributed by atoms with Gasteiger partial charge in [-0.05, 0) is 80.3 Å². The molecular weight excluding hydrogens is 454 g/mol. The van der Waals surface area contributed by atoms with E-state index in [1.165, 1.54) is 6.20 Å². The third-order valence-corrected chi connectivity index (χ3v) is 5.96. The van der Waals surface area contributed by atoms with E-state index in [1.54, 1.807) is 42.6 Å². The van der Waals surface area contributed by atoms with Crippen molar-refractivity contribution >= 4 is 23.3 Å². The highest BCUT2D eigenvalue weighted by atomic mass is 16.5. The molecule has 0 unspecified atom stereocenters. The lowest BCUT2D eigenvalue weighted by Gasteiger charge is -2.23. The number of carbonyl (C=O) groups is 3. The molecular formula is C29H33N3O4. The average molecular weight is 488 g/mol. The second-order valence-electron chi connectivity index (χ2n) is 9.48. The minimum absolute atomic E-state index is 0.1000. The van der Waals surface area contributed by atoms with Crippen LogP contribution in [0.5, 0.6) is 5.75 Å². The first kappa shape index (κ1) is 26.6. The van der Waals surface area contributed by atoms with Gasteiger partial charge in [-0.25, -0.2) is 0 Å². The first-order valence-corrected chi connectivity index (χ1v) is 12.0. The maximum Gasteiger partial charge on any atom is 0.253 e. The lowest BCUT2D eigenvalue weighted by atomic mass is 9.87. The third kappa shape index (κ3) is 7.50. The van der Waals surface area contributed by atoms with Gasteiger partial charge < -0.3 is 15.4 Å². The molecule has 0 bridgehead atoms. The summed E-state index contributed by atoms with van der Waals surface area (Å²) in [6, 6.07) is 16.1. The number of anilines is 1. The number of Topliss-reactive ketones (excluding diaryl/α,β-unsaturated/α-hetero) is 1. The smallest absolute Gasteiger partial charge is 0.253 e. The highest BCUT2D eigenvalue weighted by Crippen LogP contribution is 2.26. The van der Waals surface area contributed by atoms with Gasteiger partial charge in [-0.3, -0.25) is 19.4 Å². The number of nitrogens with one attached hydrogen (secondary N) is 2. The van der Waals surface area contributed by atoms with E-state index in [1.807, 2.05) is 39.8 Å². The number of hydrogen-bond acceptors (Lipinski definition) is 5. The van der Waals surface area contributed by atoms with Crippen LogP contribution >= 0.6 is 0 Å². The second-order valence-corrected chi connectivity index (χ2v) is 9.48. The highest BCUT2D eigenvalue weighted by Gasteiger charge is 2.27. The number of hydrogen-bond donors (Lipinski definition) is 2. The van der Waals surface area contributed by atoms with Gasteiger partial charge in [-0.2, -0.15) is 0 Å². The van der Waals surface area contributed by atoms with E-state index >= 15 is 0 Å². The topological polar surface area (TPSA) is 97.4 Å². The molecule has 36 heavy (non-hydrogen) atoms. The van der Waals surface area contributed by atoms with Crippen molar-refractivity contribution in [3.05, 3.63) is 89.2 Å². The Morgan fingerprint density at radius 3 is 2.42 bits per heavy atom. The first-order valence-electron chi connectivity index (χ1n) is 12.0. The molecule has 0 aliphatic rings. The molecule has 0 spiro atoms. The minimum atomic E-state index is -0.587. The molecule has 2 amide bonds. The predicted octanol–water partition coefficient (Wildman–Crippen LogP) is 5.14. The van der Waals surface area contributed by atoms with Crippen molar-refractivity contribution in [2.24, 2.45) is 5.41 Å². The monoisotopic (exact) mass is 487 g/mol. The summed E-state index contributed by atoms with van der Waals surface area (Å²) >= 11 is 0. The lowest BCUT2D eigenvalue weighted by molar-refractivity contribution is -0.124. The molecule has 2 aromatic carbocycles. The third-order valence-electron chi connectivity index (χ3n) is 5.96. The van der Waals surface area contributed by atoms with Crippen LogP contribution in [0.15, 0.2) is 67.0 Å². The molecule has 0 saturated carbocycles. The fraction of sp³-hybridized carbons (Fsp3) is 0.310. The number of pyridine rings is 1. The number of ketones is 1. The van der Waals surface area contributed by atoms with Crippen molar-refractivity contribution < 1.29 is 19.1 Å². The Hall–Kier alpha value is -4.00. The molecule has 0 aliphatic heterocycles. The lowest BCUT2D eigenvalue weighted by Crippen LogP contribution is -2.31. The summed E-state index contributed by atoms with van der Waals surface area (Å²) in [4.78, 5) is 41.3. The van der Waals surface area contributed by atoms with Crippen LogP contribution in [0.3, 0.4) is 0 Å². The first-order chi connectivity index (χ1) is 17.2. The Morgan fingerprint density at radius 2 is 1.72 bits per heavy atom. The normalized spacial score (nSPS) is 11.0. The standard InChI is InChI=1S/C29H33N3O4/c1-20-8-9-21(2)26(17-20)36-16-6-14-29(3,4)28(35)32-24-12-10-22(11-13-24)25(33)19-31-27(34)23-7-5-15-30-18-23/h5,7-13,15,17-18H,6,14,16,19H2,1-4H3,(H,31,34)(H,32,35). The van der Waals surface area contributed by atoms with E-state index in [2.05, 4.69) is 21.7 Å². The number of aryl methyl sites for hydroxylation is 2. The van der Waals surface area contributed by atoms with Crippen molar-refractivity contribution in [3.63, 3.8) is 0 Å². The predicted molar refractivity (Wildman–Crippen MR) is 140 cm³/mol. The SMILES string of the molecule is Cc1ccc(C)c(OCCCC(C)(C)C(=O)Nc2ccc(C(=O)CNC(=O)c3cccnc3)cc2)c1. The zero-order chi connectivity index (χ0) is 26.1. The van der Waals surface area contributed by atoms with Crippen molar-refractivity contribution in [1.29, 1.82) is 0 Å². The molecule has 0 fully saturated rings. The summed E-state index contributed by atoms with van der Waals surface area (Å²) in [6.45, 7) is 8.27. The molecule has 3 aromatic rings. The Kier molecular flexibility index (Phi) is 8.95. The van der Waals surface area contributed by atoms with Crippen LogP contribution in [-0.4, -0.2) is 35.7 Å². The fourth-order valence-corrected chi connectivity index (χ4v) is 3.57. The maximum absolute atomic E-state index is 12.9. The van der Waals surface area contributed by atoms with Gasteiger partial charge in [-0.1, -0.05) is 26.0 Å². The van der Waals surface area contributed by atoms with Gasteiger partial charge in [0.1, 0.15) is 5.75 Å². The molecule has 1 heterocycles. The fourth-order valence-electron chi connectivity index (χ4n) is 3.57. The van der Waals surface area contributed by atoms with Gasteiger partial charge in [0.25, 0.3) is 5.91 Å². The Morgan fingerprint density at radius 1 is 0.972 bits per heavy atom. The summed E-state index contributed by atoms with van der Waals surface area (Å²) in [7, 11) is 0. The van der Waals surface area contributed by atoms with Crippen molar-refractivity contribution in [2.45, 2.75) is 40.5 Å². The number of ether oxygens (including phenoxy) is 1. The number of rotatable bonds is 11. The number of carbonyl (C=O) groups excluding carboxylic acids is 3. The molecule has 0 radical (unpaired) electrons. The van der Waals surface area contributed by atoms with E-state index in [0.717, 1.165) is 23.3 Å². The van der Waals surface area contributed by atoms with Gasteiger partial charge in [0, 0.05) is 29.1 Å². The minimum Gasteiger partial charge on any atom is -0.493 e. The molecule has 1 aromatic heterocycles. The average Bonchev–Trinajstić information content (AvgIpc) is 2.87. The van der Waals surface area contributed by atoms with E-state index in [9.17, 15) is 14.4 Å². The highest BCUT2D eigenvalue weighted by molar-refractivity contribution is 6.02. The van der Waals surface area contributed by atoms with Crippen molar-refractivity contribution in [2.75, 3.05) is 18.5 Å². The Labute approximate surface area is 212 Å². The quantitative estimate of drug-likeness (QED) is 0.288. The maximum atomic E-state index is 12.9. The summed E-state index contributed by atoms with van der Waals surface area (Å²) in [5, 5.41) is 5.52. The van der Waals surface area contributed by atoms with E-state index in [-0.39, 0.29) is 24.1 Å². The Balaban J connectivity index is 1.45. The van der Waals surface area contributed by atoms with E-state index in [0.29, 0.717) is 29.8 Å². The molecule has 0 aliphatic carbocycles. The number of amides is 2. The van der Waals surface area contributed by atoms with Crippen molar-refractivity contribution in [3.8, 4) is 5.75 Å². The van der Waals surface area contributed by atoms with Gasteiger partial charge in [0.05, 0.1) is 18.7 Å². The number of benzene rings is 2. The van der Waals surface area contributed by atoms with E-state index in [4.69, 9.17) is 4.74 Å². The molecule has 0 saturated heterocycles. The zero-order valence-electron chi connectivity index (χ0n) is 21.3. The van der Waals surface area contributed by atoms with Gasteiger partial charge >= 0.3 is 0 Å². The molecule has 7 nitrogen and oxygen atoms in total. The van der Waals surface area contributed by atoms with Gasteiger partial charge in [0.2, 0.25) is 5.91 Å². The number of aromatic nitrogens is 1. The second kappa shape index (κ2) is 12.1. The Bertz CT molecular complexity index is 1200. The zero-order valence-corrected chi connectivity index (χ0v) is 21.3. The van der Waals surface area contributed by atoms with Gasteiger partial charge in [0.15, 0.2) is 5.78 Å². The van der Waals surface area contributed by atoms with Crippen LogP contribution in [0.2, 0.25) is 0 Å². The van der Waals surface area contributed by atoms with Crippen molar-refractivity contribution in [1.82, 2.24) is 10.3 Å². The molecule has 0 atom stereocenters. The van der Waals surface area contributed by atoms with Crippen LogP contribution in [0.25, 0.3) is 0 Å². The van der Waals surface area contributed by atoms with Crippen LogP contribution < -0.4 is 15.4 Å². The van der Waals surface area contributed by atoms with E-state index < -0.39 is 5.41 Å². The van der Waals surface area contributed by atoms with Crippen LogP contribution in [0, 0.1) is 19.3 Å². The molecule has 3 rings (SSSR count). The molecule has 7 heteroatoms. The van der Waals surface area contributed by atoms with Gasteiger partial charge in [-0.15, -0.1) is 0 Å². The van der Waals surface area contributed by atoms with Crippen LogP contribution in [-0.2, 0) is 4.79 Å². The summed E-state index contributed by atoms with van der Waals surface area (Å²) in [5.74, 6) is 0.192. The molecule has 188 valence electrons. The largest absolute Gasteiger partial charge is 0.493 e. The number of nitrogens with zero attached hydrogens (tertiary/aromatic N) is 1. The van der Waals surface area contributed by atoms with Crippen LogP contribution in [0.1, 0.15) is 58.5 Å². The van der Waals surface area contributed by atoms with Crippen LogP contribution in [0.4, 0.5) is 5.69 Å². The summed E-state index contributed by atoms with van der Waals surface area (Å²) in [5.41, 5.74) is 3.10.